The van der Waals surface area contributed by atoms with E-state index in [1.807, 2.05) is 6.07 Å². The monoisotopic (exact) mass is 357 g/mol. The third kappa shape index (κ3) is 3.71. The lowest BCUT2D eigenvalue weighted by Gasteiger charge is -2.25. The number of anilines is 1. The Balaban J connectivity index is 1.41. The molecule has 5 nitrogen and oxygen atoms in total. The van der Waals surface area contributed by atoms with Gasteiger partial charge in [-0.25, -0.2) is 4.98 Å². The fraction of sp³-hybridized carbons (Fsp3) is 0.421. The minimum atomic E-state index is 0.657. The van der Waals surface area contributed by atoms with E-state index in [4.69, 9.17) is 14.1 Å². The Bertz CT molecular complexity index is 865. The molecule has 1 N–H and O–H groups in total. The summed E-state index contributed by atoms with van der Waals surface area (Å²) in [5.41, 5.74) is 4.53. The lowest BCUT2D eigenvalue weighted by molar-refractivity contribution is 0.0337. The second-order valence-corrected chi connectivity index (χ2v) is 7.39. The van der Waals surface area contributed by atoms with Crippen LogP contribution >= 0.6 is 11.3 Å². The number of rotatable bonds is 5. The molecule has 1 aliphatic heterocycles. The van der Waals surface area contributed by atoms with Crippen LogP contribution < -0.4 is 5.32 Å². The molecule has 1 fully saturated rings. The second kappa shape index (κ2) is 7.15. The van der Waals surface area contributed by atoms with E-state index in [0.29, 0.717) is 6.54 Å². The first-order valence-corrected chi connectivity index (χ1v) is 9.54. The summed E-state index contributed by atoms with van der Waals surface area (Å²) in [5.74, 6) is 0.977. The number of fused-ring (bicyclic) bond motifs is 1. The van der Waals surface area contributed by atoms with Crippen LogP contribution in [0.1, 0.15) is 22.6 Å². The van der Waals surface area contributed by atoms with Gasteiger partial charge in [-0.2, -0.15) is 0 Å². The van der Waals surface area contributed by atoms with Crippen molar-refractivity contribution in [3.63, 3.8) is 0 Å². The summed E-state index contributed by atoms with van der Waals surface area (Å²) in [6, 6.07) is 6.31. The first kappa shape index (κ1) is 16.6. The van der Waals surface area contributed by atoms with Crippen LogP contribution in [0.5, 0.6) is 0 Å². The molecule has 0 spiro atoms. The van der Waals surface area contributed by atoms with Gasteiger partial charge in [0.2, 0.25) is 0 Å². The van der Waals surface area contributed by atoms with Crippen molar-refractivity contribution in [2.24, 2.45) is 0 Å². The summed E-state index contributed by atoms with van der Waals surface area (Å²) < 4.78 is 11.4. The van der Waals surface area contributed by atoms with Crippen LogP contribution in [-0.4, -0.2) is 36.2 Å². The van der Waals surface area contributed by atoms with Gasteiger partial charge in [0.15, 0.2) is 5.13 Å². The molecule has 4 rings (SSSR count). The smallest absolute Gasteiger partial charge is 0.183 e. The Kier molecular flexibility index (Phi) is 4.74. The summed E-state index contributed by atoms with van der Waals surface area (Å²) in [5, 5.41) is 7.68. The molecule has 25 heavy (non-hydrogen) atoms. The number of furan rings is 1. The molecule has 0 aliphatic carbocycles. The zero-order chi connectivity index (χ0) is 17.2. The molecule has 0 bridgehead atoms. The first-order valence-electron chi connectivity index (χ1n) is 8.66. The average Bonchev–Trinajstić information content (AvgIpc) is 3.19. The lowest BCUT2D eigenvalue weighted by Crippen LogP contribution is -2.35. The van der Waals surface area contributed by atoms with Crippen molar-refractivity contribution in [3.8, 4) is 0 Å². The SMILES string of the molecule is Cc1ccc2oc(CNc3nc(CN4CCOCC4)cs3)c(C)c2c1. The highest BCUT2D eigenvalue weighted by atomic mass is 32.1. The van der Waals surface area contributed by atoms with Crippen molar-refractivity contribution < 1.29 is 9.15 Å². The number of ether oxygens (including phenoxy) is 1. The molecule has 0 amide bonds. The van der Waals surface area contributed by atoms with Crippen molar-refractivity contribution in [1.29, 1.82) is 0 Å². The van der Waals surface area contributed by atoms with E-state index in [2.05, 4.69) is 41.6 Å². The number of benzene rings is 1. The Morgan fingerprint density at radius 2 is 2.08 bits per heavy atom. The van der Waals surface area contributed by atoms with Crippen LogP contribution in [-0.2, 0) is 17.8 Å². The molecule has 1 aromatic carbocycles. The largest absolute Gasteiger partial charge is 0.459 e. The summed E-state index contributed by atoms with van der Waals surface area (Å²) in [6.45, 7) is 9.38. The topological polar surface area (TPSA) is 50.5 Å². The van der Waals surface area contributed by atoms with Gasteiger partial charge in [0, 0.05) is 36.0 Å². The predicted molar refractivity (Wildman–Crippen MR) is 101 cm³/mol. The normalized spacial score (nSPS) is 15.8. The van der Waals surface area contributed by atoms with Gasteiger partial charge in [0.05, 0.1) is 25.5 Å². The average molecular weight is 357 g/mol. The Hall–Kier alpha value is -1.89. The number of morpholine rings is 1. The van der Waals surface area contributed by atoms with Crippen molar-refractivity contribution >= 4 is 27.4 Å². The number of hydrogen-bond acceptors (Lipinski definition) is 6. The minimum Gasteiger partial charge on any atom is -0.459 e. The van der Waals surface area contributed by atoms with Gasteiger partial charge in [0.25, 0.3) is 0 Å². The molecule has 1 saturated heterocycles. The van der Waals surface area contributed by atoms with Gasteiger partial charge < -0.3 is 14.5 Å². The maximum atomic E-state index is 6.00. The zero-order valence-electron chi connectivity index (χ0n) is 14.7. The number of thiazole rings is 1. The number of nitrogens with zero attached hydrogens (tertiary/aromatic N) is 2. The number of hydrogen-bond donors (Lipinski definition) is 1. The summed E-state index contributed by atoms with van der Waals surface area (Å²) in [6.07, 6.45) is 0. The second-order valence-electron chi connectivity index (χ2n) is 6.54. The molecule has 0 unspecified atom stereocenters. The first-order chi connectivity index (χ1) is 12.2. The maximum Gasteiger partial charge on any atom is 0.183 e. The Labute approximate surface area is 151 Å². The van der Waals surface area contributed by atoms with Crippen molar-refractivity contribution in [2.45, 2.75) is 26.9 Å². The zero-order valence-corrected chi connectivity index (χ0v) is 15.5. The van der Waals surface area contributed by atoms with Crippen LogP contribution in [0.3, 0.4) is 0 Å². The van der Waals surface area contributed by atoms with Crippen LogP contribution in [0.25, 0.3) is 11.0 Å². The number of aromatic nitrogens is 1. The van der Waals surface area contributed by atoms with Gasteiger partial charge in [-0.05, 0) is 26.0 Å². The molecule has 0 radical (unpaired) electrons. The Morgan fingerprint density at radius 3 is 2.92 bits per heavy atom. The van der Waals surface area contributed by atoms with E-state index in [1.165, 1.54) is 16.5 Å². The molecular weight excluding hydrogens is 334 g/mol. The van der Waals surface area contributed by atoms with Gasteiger partial charge in [0.1, 0.15) is 11.3 Å². The van der Waals surface area contributed by atoms with Crippen molar-refractivity contribution in [2.75, 3.05) is 31.6 Å². The van der Waals surface area contributed by atoms with E-state index in [0.717, 1.165) is 55.0 Å². The van der Waals surface area contributed by atoms with Crippen LogP contribution in [0.15, 0.2) is 28.0 Å². The third-order valence-corrected chi connectivity index (χ3v) is 5.48. The summed E-state index contributed by atoms with van der Waals surface area (Å²) in [7, 11) is 0. The van der Waals surface area contributed by atoms with E-state index in [9.17, 15) is 0 Å². The highest BCUT2D eigenvalue weighted by Gasteiger charge is 2.14. The van der Waals surface area contributed by atoms with Crippen LogP contribution in [0.4, 0.5) is 5.13 Å². The van der Waals surface area contributed by atoms with E-state index >= 15 is 0 Å². The fourth-order valence-corrected chi connectivity index (χ4v) is 3.86. The molecule has 2 aromatic heterocycles. The Morgan fingerprint density at radius 1 is 1.24 bits per heavy atom. The highest BCUT2D eigenvalue weighted by molar-refractivity contribution is 7.13. The van der Waals surface area contributed by atoms with Crippen molar-refractivity contribution in [1.82, 2.24) is 9.88 Å². The van der Waals surface area contributed by atoms with Crippen LogP contribution in [0.2, 0.25) is 0 Å². The molecule has 132 valence electrons. The standard InChI is InChI=1S/C19H23N3O2S/c1-13-3-4-17-16(9-13)14(2)18(24-17)10-20-19-21-15(12-25-19)11-22-5-7-23-8-6-22/h3-4,9,12H,5-8,10-11H2,1-2H3,(H,20,21). The van der Waals surface area contributed by atoms with Gasteiger partial charge in [-0.15, -0.1) is 11.3 Å². The van der Waals surface area contributed by atoms with Crippen LogP contribution in [0, 0.1) is 13.8 Å². The van der Waals surface area contributed by atoms with Gasteiger partial charge in [-0.1, -0.05) is 11.6 Å². The van der Waals surface area contributed by atoms with Gasteiger partial charge in [-0.3, -0.25) is 4.90 Å². The molecule has 3 aromatic rings. The predicted octanol–water partition coefficient (Wildman–Crippen LogP) is 3.95. The maximum absolute atomic E-state index is 6.00. The van der Waals surface area contributed by atoms with Crippen molar-refractivity contribution in [3.05, 3.63) is 46.2 Å². The minimum absolute atomic E-state index is 0.657. The summed E-state index contributed by atoms with van der Waals surface area (Å²) >= 11 is 1.65. The number of aryl methyl sites for hydroxylation is 2. The number of nitrogens with one attached hydrogen (secondary N) is 1. The fourth-order valence-electron chi connectivity index (χ4n) is 3.16. The molecule has 3 heterocycles. The molecule has 0 saturated carbocycles. The molecular formula is C19H23N3O2S. The molecule has 1 aliphatic rings. The van der Waals surface area contributed by atoms with Gasteiger partial charge >= 0.3 is 0 Å². The van der Waals surface area contributed by atoms with E-state index in [1.54, 1.807) is 11.3 Å². The van der Waals surface area contributed by atoms with E-state index < -0.39 is 0 Å². The lowest BCUT2D eigenvalue weighted by atomic mass is 10.1. The quantitative estimate of drug-likeness (QED) is 0.749. The van der Waals surface area contributed by atoms with E-state index in [-0.39, 0.29) is 0 Å². The highest BCUT2D eigenvalue weighted by Crippen LogP contribution is 2.27. The third-order valence-electron chi connectivity index (χ3n) is 4.63. The molecule has 0 atom stereocenters. The summed E-state index contributed by atoms with van der Waals surface area (Å²) in [4.78, 5) is 7.08. The molecule has 6 heteroatoms.